The Balaban J connectivity index is 1.52. The Hall–Kier alpha value is -2.19. The largest absolute Gasteiger partial charge is 0.491 e. The number of carbonyl (C=O) groups is 2. The quantitative estimate of drug-likeness (QED) is 0.485. The molecule has 1 saturated heterocycles. The van der Waals surface area contributed by atoms with E-state index in [1.165, 1.54) is 0 Å². The van der Waals surface area contributed by atoms with Gasteiger partial charge in [0.15, 0.2) is 0 Å². The summed E-state index contributed by atoms with van der Waals surface area (Å²) >= 11 is 13.0. The molecule has 0 radical (unpaired) electrons. The SMILES string of the molecule is CCCc1cc(Cl)c(Cl)cc1OC[C@H](O)COc1ccc(C=C2SC(=O)NC2=O)cc1. The van der Waals surface area contributed by atoms with Gasteiger partial charge >= 0.3 is 0 Å². The lowest BCUT2D eigenvalue weighted by Crippen LogP contribution is -2.25. The van der Waals surface area contributed by atoms with Crippen molar-refractivity contribution in [2.45, 2.75) is 25.9 Å². The molecular formula is C22H21Cl2NO5S. The van der Waals surface area contributed by atoms with Crippen LogP contribution in [0.4, 0.5) is 4.79 Å². The van der Waals surface area contributed by atoms with Crippen molar-refractivity contribution in [3.63, 3.8) is 0 Å². The van der Waals surface area contributed by atoms with E-state index in [9.17, 15) is 14.7 Å². The number of aliphatic hydroxyl groups is 1. The van der Waals surface area contributed by atoms with E-state index in [1.807, 2.05) is 0 Å². The predicted molar refractivity (Wildman–Crippen MR) is 123 cm³/mol. The first-order valence-electron chi connectivity index (χ1n) is 9.62. The number of nitrogens with one attached hydrogen (secondary N) is 1. The predicted octanol–water partition coefficient (Wildman–Crippen LogP) is 5.09. The van der Waals surface area contributed by atoms with Crippen LogP contribution in [0.2, 0.25) is 10.0 Å². The van der Waals surface area contributed by atoms with Crippen molar-refractivity contribution in [3.8, 4) is 11.5 Å². The average molecular weight is 482 g/mol. The first kappa shape index (κ1) is 23.5. The first-order valence-corrected chi connectivity index (χ1v) is 11.2. The summed E-state index contributed by atoms with van der Waals surface area (Å²) < 4.78 is 11.3. The third-order valence-electron chi connectivity index (χ3n) is 4.32. The zero-order valence-electron chi connectivity index (χ0n) is 16.7. The molecule has 9 heteroatoms. The van der Waals surface area contributed by atoms with Gasteiger partial charge in [0.1, 0.15) is 30.8 Å². The molecule has 0 aromatic heterocycles. The lowest BCUT2D eigenvalue weighted by molar-refractivity contribution is -0.115. The lowest BCUT2D eigenvalue weighted by atomic mass is 10.1. The summed E-state index contributed by atoms with van der Waals surface area (Å²) in [6, 6.07) is 10.4. The molecule has 1 fully saturated rings. The normalized spacial score (nSPS) is 15.8. The van der Waals surface area contributed by atoms with Crippen molar-refractivity contribution >= 4 is 52.2 Å². The number of halogens is 2. The number of aryl methyl sites for hydroxylation is 1. The van der Waals surface area contributed by atoms with Gasteiger partial charge in [0.05, 0.1) is 15.0 Å². The Morgan fingerprint density at radius 3 is 2.42 bits per heavy atom. The number of hydrogen-bond donors (Lipinski definition) is 2. The van der Waals surface area contributed by atoms with Gasteiger partial charge < -0.3 is 14.6 Å². The van der Waals surface area contributed by atoms with Gasteiger partial charge in [-0.1, -0.05) is 48.7 Å². The number of ether oxygens (including phenoxy) is 2. The maximum absolute atomic E-state index is 11.6. The van der Waals surface area contributed by atoms with Gasteiger partial charge in [0, 0.05) is 6.07 Å². The molecule has 2 aromatic rings. The molecule has 0 aliphatic carbocycles. The molecular weight excluding hydrogens is 461 g/mol. The van der Waals surface area contributed by atoms with Crippen LogP contribution in [-0.4, -0.2) is 35.6 Å². The summed E-state index contributed by atoms with van der Waals surface area (Å²) in [6.07, 6.45) is 2.49. The van der Waals surface area contributed by atoms with E-state index in [0.29, 0.717) is 26.4 Å². The summed E-state index contributed by atoms with van der Waals surface area (Å²) in [5.74, 6) is 0.754. The second kappa shape index (κ2) is 10.9. The number of benzene rings is 2. The zero-order valence-corrected chi connectivity index (χ0v) is 19.0. The first-order chi connectivity index (χ1) is 14.9. The van der Waals surface area contributed by atoms with Gasteiger partial charge in [-0.25, -0.2) is 0 Å². The summed E-state index contributed by atoms with van der Waals surface area (Å²) in [5, 5.41) is 12.9. The van der Waals surface area contributed by atoms with Gasteiger partial charge in [-0.05, 0) is 53.6 Å². The van der Waals surface area contributed by atoms with Crippen molar-refractivity contribution in [1.29, 1.82) is 0 Å². The molecule has 2 aromatic carbocycles. The Kier molecular flexibility index (Phi) is 8.26. The molecule has 1 atom stereocenters. The standard InChI is InChI=1S/C22H21Cl2NO5S/c1-2-3-14-9-17(23)18(24)10-19(14)30-12-15(26)11-29-16-6-4-13(5-7-16)8-20-21(27)25-22(28)31-20/h4-10,15,26H,2-3,11-12H2,1H3,(H,25,27,28)/t15-/m1/s1. The summed E-state index contributed by atoms with van der Waals surface area (Å²) in [6.45, 7) is 2.13. The Bertz CT molecular complexity index is 994. The third kappa shape index (κ3) is 6.64. The zero-order chi connectivity index (χ0) is 22.4. The van der Waals surface area contributed by atoms with Gasteiger partial charge in [0.2, 0.25) is 0 Å². The van der Waals surface area contributed by atoms with Crippen molar-refractivity contribution in [3.05, 3.63) is 62.5 Å². The highest BCUT2D eigenvalue weighted by atomic mass is 35.5. The second-order valence-electron chi connectivity index (χ2n) is 6.82. The van der Waals surface area contributed by atoms with Crippen LogP contribution in [0.3, 0.4) is 0 Å². The number of amides is 2. The second-order valence-corrected chi connectivity index (χ2v) is 8.65. The molecule has 1 heterocycles. The van der Waals surface area contributed by atoms with Gasteiger partial charge in [-0.3, -0.25) is 14.9 Å². The van der Waals surface area contributed by atoms with Crippen LogP contribution in [0.1, 0.15) is 24.5 Å². The summed E-state index contributed by atoms with van der Waals surface area (Å²) in [7, 11) is 0. The number of thioether (sulfide) groups is 1. The number of carbonyl (C=O) groups excluding carboxylic acids is 2. The third-order valence-corrected chi connectivity index (χ3v) is 5.85. The molecule has 1 aliphatic heterocycles. The molecule has 31 heavy (non-hydrogen) atoms. The van der Waals surface area contributed by atoms with E-state index in [1.54, 1.807) is 42.5 Å². The summed E-state index contributed by atoms with van der Waals surface area (Å²) in [4.78, 5) is 23.1. The highest BCUT2D eigenvalue weighted by Gasteiger charge is 2.24. The topological polar surface area (TPSA) is 84.9 Å². The van der Waals surface area contributed by atoms with Gasteiger partial charge in [0.25, 0.3) is 11.1 Å². The average Bonchev–Trinajstić information content (AvgIpc) is 3.05. The van der Waals surface area contributed by atoms with E-state index in [4.69, 9.17) is 32.7 Å². The fraction of sp³-hybridized carbons (Fsp3) is 0.273. The molecule has 0 bridgehead atoms. The number of hydrogen-bond acceptors (Lipinski definition) is 6. The highest BCUT2D eigenvalue weighted by molar-refractivity contribution is 8.18. The Labute approximate surface area is 194 Å². The maximum Gasteiger partial charge on any atom is 0.290 e. The molecule has 0 saturated carbocycles. The van der Waals surface area contributed by atoms with Crippen LogP contribution < -0.4 is 14.8 Å². The van der Waals surface area contributed by atoms with Crippen LogP contribution in [0.5, 0.6) is 11.5 Å². The number of aliphatic hydroxyl groups excluding tert-OH is 1. The monoisotopic (exact) mass is 481 g/mol. The Morgan fingerprint density at radius 2 is 1.77 bits per heavy atom. The molecule has 6 nitrogen and oxygen atoms in total. The van der Waals surface area contributed by atoms with E-state index in [0.717, 1.165) is 35.7 Å². The lowest BCUT2D eigenvalue weighted by Gasteiger charge is -2.16. The molecule has 0 unspecified atom stereocenters. The van der Waals surface area contributed by atoms with Crippen LogP contribution in [0.25, 0.3) is 6.08 Å². The molecule has 2 amide bonds. The van der Waals surface area contributed by atoms with Crippen LogP contribution in [0, 0.1) is 0 Å². The molecule has 0 spiro atoms. The minimum Gasteiger partial charge on any atom is -0.491 e. The fourth-order valence-corrected chi connectivity index (χ4v) is 3.85. The van der Waals surface area contributed by atoms with Crippen LogP contribution in [-0.2, 0) is 11.2 Å². The minimum atomic E-state index is -0.852. The van der Waals surface area contributed by atoms with Crippen molar-refractivity contribution in [2.24, 2.45) is 0 Å². The van der Waals surface area contributed by atoms with Gasteiger partial charge in [-0.15, -0.1) is 0 Å². The minimum absolute atomic E-state index is 0.0393. The van der Waals surface area contributed by atoms with E-state index in [-0.39, 0.29) is 18.5 Å². The van der Waals surface area contributed by atoms with Crippen molar-refractivity contribution in [1.82, 2.24) is 5.32 Å². The van der Waals surface area contributed by atoms with Crippen molar-refractivity contribution < 1.29 is 24.2 Å². The Morgan fingerprint density at radius 1 is 1.10 bits per heavy atom. The molecule has 1 aliphatic rings. The smallest absolute Gasteiger partial charge is 0.290 e. The van der Waals surface area contributed by atoms with E-state index < -0.39 is 12.0 Å². The van der Waals surface area contributed by atoms with Gasteiger partial charge in [-0.2, -0.15) is 0 Å². The van der Waals surface area contributed by atoms with Crippen LogP contribution in [0.15, 0.2) is 41.3 Å². The summed E-state index contributed by atoms with van der Waals surface area (Å²) in [5.41, 5.74) is 1.69. The maximum atomic E-state index is 11.6. The molecule has 3 rings (SSSR count). The van der Waals surface area contributed by atoms with Crippen molar-refractivity contribution in [2.75, 3.05) is 13.2 Å². The van der Waals surface area contributed by atoms with E-state index in [2.05, 4.69) is 12.2 Å². The number of imide groups is 1. The number of rotatable bonds is 9. The highest BCUT2D eigenvalue weighted by Crippen LogP contribution is 2.31. The molecule has 2 N–H and O–H groups in total. The fourth-order valence-electron chi connectivity index (χ4n) is 2.83. The van der Waals surface area contributed by atoms with Crippen LogP contribution >= 0.6 is 35.0 Å². The van der Waals surface area contributed by atoms with E-state index >= 15 is 0 Å². The molecule has 164 valence electrons.